The van der Waals surface area contributed by atoms with Crippen molar-refractivity contribution in [2.75, 3.05) is 13.7 Å². The molecule has 1 saturated carbocycles. The second kappa shape index (κ2) is 9.52. The maximum absolute atomic E-state index is 12.8. The quantitative estimate of drug-likeness (QED) is 0.259. The van der Waals surface area contributed by atoms with Gasteiger partial charge >= 0.3 is 5.97 Å². The molecule has 1 aliphatic carbocycles. The summed E-state index contributed by atoms with van der Waals surface area (Å²) >= 11 is 0. The zero-order chi connectivity index (χ0) is 20.1. The molecule has 9 nitrogen and oxygen atoms in total. The highest BCUT2D eigenvalue weighted by molar-refractivity contribution is 7.90. The van der Waals surface area contributed by atoms with Gasteiger partial charge in [-0.25, -0.2) is 8.42 Å². The van der Waals surface area contributed by atoms with Crippen molar-refractivity contribution in [3.63, 3.8) is 0 Å². The van der Waals surface area contributed by atoms with E-state index in [9.17, 15) is 13.2 Å². The molecule has 0 heterocycles. The molecule has 0 aromatic rings. The van der Waals surface area contributed by atoms with Crippen LogP contribution in [0.15, 0.2) is 4.99 Å². The number of nitrogens with zero attached hydrogens (tertiary/aromatic N) is 1. The number of rotatable bonds is 8. The highest BCUT2D eigenvalue weighted by atomic mass is 32.2. The Bertz CT molecular complexity index is 610. The van der Waals surface area contributed by atoms with Gasteiger partial charge in [0.1, 0.15) is 6.04 Å². The van der Waals surface area contributed by atoms with Crippen LogP contribution in [-0.2, 0) is 19.6 Å². The van der Waals surface area contributed by atoms with Crippen molar-refractivity contribution in [3.8, 4) is 0 Å². The van der Waals surface area contributed by atoms with Crippen molar-refractivity contribution in [2.45, 2.75) is 57.4 Å². The van der Waals surface area contributed by atoms with Crippen molar-refractivity contribution < 1.29 is 23.1 Å². The number of sulfonamides is 1. The molecule has 6 unspecified atom stereocenters. The Labute approximate surface area is 155 Å². The monoisotopic (exact) mass is 392 g/mol. The van der Waals surface area contributed by atoms with E-state index in [1.165, 1.54) is 0 Å². The number of nitrogens with one attached hydrogen (secondary N) is 1. The Balaban J connectivity index is 2.69. The summed E-state index contributed by atoms with van der Waals surface area (Å²) in [5.74, 6) is -1.33. The van der Waals surface area contributed by atoms with Crippen LogP contribution in [0.3, 0.4) is 0 Å². The Hall–Kier alpha value is -1.39. The summed E-state index contributed by atoms with van der Waals surface area (Å²) in [6, 6.07) is -0.956. The summed E-state index contributed by atoms with van der Waals surface area (Å²) in [7, 11) is -2.05. The summed E-state index contributed by atoms with van der Waals surface area (Å²) in [4.78, 5) is 14.6. The lowest BCUT2D eigenvalue weighted by molar-refractivity contribution is -0.138. The second-order valence-electron chi connectivity index (χ2n) is 7.17. The normalized spacial score (nSPS) is 31.4. The Morgan fingerprint density at radius 2 is 1.96 bits per heavy atom. The van der Waals surface area contributed by atoms with Crippen LogP contribution in [0.5, 0.6) is 0 Å². The SMILES string of the molecule is COC1CC(C)C(S(=O)(=O)NC(N)=NCCCC(N)C(=O)O)C(C)C1C. The second-order valence-corrected chi connectivity index (χ2v) is 9.01. The maximum Gasteiger partial charge on any atom is 0.320 e. The van der Waals surface area contributed by atoms with Crippen molar-refractivity contribution in [1.82, 2.24) is 4.72 Å². The minimum absolute atomic E-state index is 0.0379. The molecular formula is C16H32N4O5S. The van der Waals surface area contributed by atoms with Gasteiger partial charge in [0.15, 0.2) is 0 Å². The third-order valence-electron chi connectivity index (χ3n) is 5.28. The molecule has 0 aromatic heterocycles. The molecule has 0 amide bonds. The number of hydrogen-bond acceptors (Lipinski definition) is 6. The van der Waals surface area contributed by atoms with E-state index in [0.29, 0.717) is 12.8 Å². The van der Waals surface area contributed by atoms with Gasteiger partial charge in [-0.2, -0.15) is 0 Å². The number of aliphatic carboxylic acids is 1. The molecule has 0 saturated heterocycles. The largest absolute Gasteiger partial charge is 0.480 e. The van der Waals surface area contributed by atoms with Gasteiger partial charge in [-0.3, -0.25) is 14.5 Å². The van der Waals surface area contributed by atoms with E-state index >= 15 is 0 Å². The number of guanidine groups is 1. The molecule has 0 aromatic carbocycles. The van der Waals surface area contributed by atoms with Crippen molar-refractivity contribution >= 4 is 22.0 Å². The first-order valence-electron chi connectivity index (χ1n) is 8.84. The van der Waals surface area contributed by atoms with E-state index < -0.39 is 27.3 Å². The zero-order valence-corrected chi connectivity index (χ0v) is 16.7. The van der Waals surface area contributed by atoms with Crippen molar-refractivity contribution in [3.05, 3.63) is 0 Å². The van der Waals surface area contributed by atoms with E-state index in [4.69, 9.17) is 21.3 Å². The van der Waals surface area contributed by atoms with Gasteiger partial charge in [0.2, 0.25) is 16.0 Å². The van der Waals surface area contributed by atoms with Gasteiger partial charge in [0.25, 0.3) is 0 Å². The van der Waals surface area contributed by atoms with E-state index in [-0.39, 0.29) is 42.8 Å². The van der Waals surface area contributed by atoms with Crippen LogP contribution in [0.25, 0.3) is 0 Å². The van der Waals surface area contributed by atoms with Gasteiger partial charge in [0, 0.05) is 13.7 Å². The number of nitrogens with two attached hydrogens (primary N) is 2. The molecule has 152 valence electrons. The molecule has 1 rings (SSSR count). The van der Waals surface area contributed by atoms with Crippen LogP contribution >= 0.6 is 0 Å². The first kappa shape index (κ1) is 22.7. The topological polar surface area (TPSA) is 157 Å². The minimum atomic E-state index is -3.69. The van der Waals surface area contributed by atoms with Crippen LogP contribution in [0, 0.1) is 17.8 Å². The molecule has 0 aliphatic heterocycles. The number of carbonyl (C=O) groups is 1. The number of hydrogen-bond donors (Lipinski definition) is 4. The van der Waals surface area contributed by atoms with Gasteiger partial charge in [-0.1, -0.05) is 20.8 Å². The predicted octanol–water partition coefficient (Wildman–Crippen LogP) is 0.108. The van der Waals surface area contributed by atoms with Crippen LogP contribution in [0.1, 0.15) is 40.0 Å². The Kier molecular flexibility index (Phi) is 8.29. The Morgan fingerprint density at radius 1 is 1.35 bits per heavy atom. The highest BCUT2D eigenvalue weighted by Crippen LogP contribution is 2.38. The standard InChI is InChI=1S/C16H32N4O5S/c1-9-8-13(25-4)10(2)11(3)14(9)26(23,24)20-16(18)19-7-5-6-12(17)15(21)22/h9-14H,5-8,17H2,1-4H3,(H,21,22)(H3,18,19,20). The van der Waals surface area contributed by atoms with E-state index in [0.717, 1.165) is 0 Å². The van der Waals surface area contributed by atoms with E-state index in [2.05, 4.69) is 9.71 Å². The number of aliphatic imine (C=N–C) groups is 1. The number of carboxylic acid groups (broad SMARTS) is 1. The molecule has 6 N–H and O–H groups in total. The molecule has 1 fully saturated rings. The first-order valence-corrected chi connectivity index (χ1v) is 10.4. The van der Waals surface area contributed by atoms with Crippen LogP contribution in [-0.4, -0.2) is 56.5 Å². The third-order valence-corrected chi connectivity index (χ3v) is 7.38. The molecular weight excluding hydrogens is 360 g/mol. The van der Waals surface area contributed by atoms with Gasteiger partial charge in [-0.05, 0) is 37.0 Å². The minimum Gasteiger partial charge on any atom is -0.480 e. The molecule has 0 bridgehead atoms. The lowest BCUT2D eigenvalue weighted by Gasteiger charge is -2.42. The average molecular weight is 393 g/mol. The molecule has 0 radical (unpaired) electrons. The van der Waals surface area contributed by atoms with E-state index in [1.54, 1.807) is 7.11 Å². The van der Waals surface area contributed by atoms with Gasteiger partial charge < -0.3 is 21.3 Å². The number of carboxylic acids is 1. The van der Waals surface area contributed by atoms with Gasteiger partial charge in [-0.15, -0.1) is 0 Å². The molecule has 26 heavy (non-hydrogen) atoms. The van der Waals surface area contributed by atoms with Crippen LogP contribution in [0.2, 0.25) is 0 Å². The smallest absolute Gasteiger partial charge is 0.320 e. The lowest BCUT2D eigenvalue weighted by atomic mass is 9.74. The maximum atomic E-state index is 12.8. The summed E-state index contributed by atoms with van der Waals surface area (Å²) in [5.41, 5.74) is 11.1. The summed E-state index contributed by atoms with van der Waals surface area (Å²) in [6.45, 7) is 6.01. The van der Waals surface area contributed by atoms with Crippen molar-refractivity contribution in [1.29, 1.82) is 0 Å². The van der Waals surface area contributed by atoms with E-state index in [1.807, 2.05) is 20.8 Å². The van der Waals surface area contributed by atoms with Crippen LogP contribution in [0.4, 0.5) is 0 Å². The fourth-order valence-electron chi connectivity index (χ4n) is 3.65. The fourth-order valence-corrected chi connectivity index (χ4v) is 5.68. The Morgan fingerprint density at radius 3 is 2.50 bits per heavy atom. The molecule has 1 aliphatic rings. The lowest BCUT2D eigenvalue weighted by Crippen LogP contribution is -2.53. The third kappa shape index (κ3) is 5.82. The molecule has 0 spiro atoms. The number of methoxy groups -OCH3 is 1. The van der Waals surface area contributed by atoms with Crippen molar-refractivity contribution in [2.24, 2.45) is 34.2 Å². The van der Waals surface area contributed by atoms with Gasteiger partial charge in [0.05, 0.1) is 11.4 Å². The predicted molar refractivity (Wildman–Crippen MR) is 100 cm³/mol. The molecule has 6 atom stereocenters. The summed E-state index contributed by atoms with van der Waals surface area (Å²) in [5, 5.41) is 8.12. The first-order chi connectivity index (χ1) is 12.0. The highest BCUT2D eigenvalue weighted by Gasteiger charge is 2.45. The summed E-state index contributed by atoms with van der Waals surface area (Å²) < 4.78 is 33.4. The summed E-state index contributed by atoms with van der Waals surface area (Å²) in [6.07, 6.45) is 1.35. The average Bonchev–Trinajstić information content (AvgIpc) is 2.53. The zero-order valence-electron chi connectivity index (χ0n) is 15.9. The molecule has 10 heteroatoms. The number of ether oxygens (including phenoxy) is 1. The fraction of sp³-hybridized carbons (Fsp3) is 0.875. The van der Waals surface area contributed by atoms with Crippen LogP contribution < -0.4 is 16.2 Å².